The molecule has 0 fully saturated rings. The number of nitrogens with zero attached hydrogens (tertiary/aromatic N) is 1. The van der Waals surface area contributed by atoms with Crippen LogP contribution < -0.4 is 10.1 Å². The van der Waals surface area contributed by atoms with Crippen LogP contribution in [0.4, 0.5) is 0 Å². The Balaban J connectivity index is 1.89. The Bertz CT molecular complexity index is 738. The molecule has 6 heteroatoms. The molecule has 0 spiro atoms. The van der Waals surface area contributed by atoms with Crippen molar-refractivity contribution in [2.75, 3.05) is 13.2 Å². The molecule has 0 saturated carbocycles. The number of nitriles is 1. The first-order valence-corrected chi connectivity index (χ1v) is 7.33. The van der Waals surface area contributed by atoms with Gasteiger partial charge in [0.05, 0.1) is 18.1 Å². The molecule has 0 unspecified atom stereocenters. The Hall–Kier alpha value is -3.33. The lowest BCUT2D eigenvalue weighted by atomic mass is 10.2. The SMILES string of the molecule is N#CCCNC(=O)COC(=O)c1cccc(Oc2ccccc2)c1. The zero-order valence-corrected chi connectivity index (χ0v) is 12.9. The van der Waals surface area contributed by atoms with Gasteiger partial charge < -0.3 is 14.8 Å². The summed E-state index contributed by atoms with van der Waals surface area (Å²) in [6, 6.07) is 17.6. The summed E-state index contributed by atoms with van der Waals surface area (Å²) in [6.07, 6.45) is 0.207. The number of esters is 1. The van der Waals surface area contributed by atoms with Crippen LogP contribution in [0.1, 0.15) is 16.8 Å². The number of para-hydroxylation sites is 1. The summed E-state index contributed by atoms with van der Waals surface area (Å²) >= 11 is 0. The second-order valence-electron chi connectivity index (χ2n) is 4.78. The molecular formula is C18H16N2O4. The van der Waals surface area contributed by atoms with Crippen LogP contribution >= 0.6 is 0 Å². The highest BCUT2D eigenvalue weighted by Crippen LogP contribution is 2.22. The van der Waals surface area contributed by atoms with E-state index in [-0.39, 0.29) is 18.5 Å². The van der Waals surface area contributed by atoms with E-state index in [9.17, 15) is 9.59 Å². The summed E-state index contributed by atoms with van der Waals surface area (Å²) < 4.78 is 10.6. The molecule has 0 heterocycles. The van der Waals surface area contributed by atoms with Crippen LogP contribution in [-0.4, -0.2) is 25.0 Å². The fourth-order valence-electron chi connectivity index (χ4n) is 1.83. The van der Waals surface area contributed by atoms with Crippen molar-refractivity contribution in [3.05, 3.63) is 60.2 Å². The Morgan fingerprint density at radius 2 is 1.79 bits per heavy atom. The van der Waals surface area contributed by atoms with Crippen LogP contribution in [0.15, 0.2) is 54.6 Å². The minimum Gasteiger partial charge on any atom is -0.457 e. The van der Waals surface area contributed by atoms with Crippen LogP contribution in [0.25, 0.3) is 0 Å². The number of ether oxygens (including phenoxy) is 2. The monoisotopic (exact) mass is 324 g/mol. The third kappa shape index (κ3) is 5.46. The fraction of sp³-hybridized carbons (Fsp3) is 0.167. The number of carbonyl (C=O) groups is 2. The highest BCUT2D eigenvalue weighted by atomic mass is 16.5. The molecule has 0 aliphatic heterocycles. The highest BCUT2D eigenvalue weighted by Gasteiger charge is 2.11. The van der Waals surface area contributed by atoms with E-state index >= 15 is 0 Å². The standard InChI is InChI=1S/C18H16N2O4/c19-10-5-11-20-17(21)13-23-18(22)14-6-4-9-16(12-14)24-15-7-2-1-3-8-15/h1-4,6-9,12H,5,11,13H2,(H,20,21). The average Bonchev–Trinajstić information content (AvgIpc) is 2.61. The maximum Gasteiger partial charge on any atom is 0.338 e. The molecule has 1 amide bonds. The van der Waals surface area contributed by atoms with Crippen LogP contribution in [0.3, 0.4) is 0 Å². The van der Waals surface area contributed by atoms with Gasteiger partial charge in [0.2, 0.25) is 0 Å². The molecule has 1 N–H and O–H groups in total. The molecule has 0 bridgehead atoms. The Morgan fingerprint density at radius 1 is 1.04 bits per heavy atom. The number of rotatable bonds is 7. The molecule has 2 aromatic carbocycles. The molecule has 0 aliphatic rings. The molecule has 2 aromatic rings. The van der Waals surface area contributed by atoms with Gasteiger partial charge in [-0.3, -0.25) is 4.79 Å². The summed E-state index contributed by atoms with van der Waals surface area (Å²) in [6.45, 7) is -0.165. The minimum atomic E-state index is -0.621. The highest BCUT2D eigenvalue weighted by molar-refractivity contribution is 5.91. The number of hydrogen-bond donors (Lipinski definition) is 1. The molecule has 0 aromatic heterocycles. The van der Waals surface area contributed by atoms with Crippen molar-refractivity contribution in [3.63, 3.8) is 0 Å². The predicted molar refractivity (Wildman–Crippen MR) is 86.5 cm³/mol. The molecule has 2 rings (SSSR count). The molecule has 122 valence electrons. The fourth-order valence-corrected chi connectivity index (χ4v) is 1.83. The molecule has 0 saturated heterocycles. The molecule has 0 atom stereocenters. The lowest BCUT2D eigenvalue weighted by molar-refractivity contribution is -0.124. The largest absolute Gasteiger partial charge is 0.457 e. The minimum absolute atomic E-state index is 0.207. The van der Waals surface area contributed by atoms with Gasteiger partial charge in [0.15, 0.2) is 6.61 Å². The second-order valence-corrected chi connectivity index (χ2v) is 4.78. The van der Waals surface area contributed by atoms with Gasteiger partial charge in [0, 0.05) is 6.54 Å². The first-order chi connectivity index (χ1) is 11.7. The molecule has 6 nitrogen and oxygen atoms in total. The van der Waals surface area contributed by atoms with Crippen molar-refractivity contribution < 1.29 is 19.1 Å². The van der Waals surface area contributed by atoms with E-state index in [1.807, 2.05) is 24.3 Å². The molecule has 0 radical (unpaired) electrons. The summed E-state index contributed by atoms with van der Waals surface area (Å²) in [5, 5.41) is 10.9. The van der Waals surface area contributed by atoms with Crippen LogP contribution in [-0.2, 0) is 9.53 Å². The zero-order valence-electron chi connectivity index (χ0n) is 12.9. The quantitative estimate of drug-likeness (QED) is 0.625. The van der Waals surface area contributed by atoms with E-state index in [1.54, 1.807) is 36.4 Å². The van der Waals surface area contributed by atoms with E-state index in [4.69, 9.17) is 14.7 Å². The molecular weight excluding hydrogens is 308 g/mol. The van der Waals surface area contributed by atoms with E-state index in [0.29, 0.717) is 11.5 Å². The third-order valence-corrected chi connectivity index (χ3v) is 2.94. The molecule has 0 aliphatic carbocycles. The Morgan fingerprint density at radius 3 is 2.54 bits per heavy atom. The lowest BCUT2D eigenvalue weighted by Crippen LogP contribution is -2.29. The van der Waals surface area contributed by atoms with Gasteiger partial charge in [-0.1, -0.05) is 24.3 Å². The number of carbonyl (C=O) groups excluding carboxylic acids is 2. The first kappa shape index (κ1) is 17.0. The normalized spacial score (nSPS) is 9.62. The van der Waals surface area contributed by atoms with Gasteiger partial charge in [0.1, 0.15) is 11.5 Å². The van der Waals surface area contributed by atoms with Crippen LogP contribution in [0.2, 0.25) is 0 Å². The van der Waals surface area contributed by atoms with Crippen LogP contribution in [0, 0.1) is 11.3 Å². The van der Waals surface area contributed by atoms with E-state index in [2.05, 4.69) is 5.32 Å². The first-order valence-electron chi connectivity index (χ1n) is 7.33. The number of nitrogens with one attached hydrogen (secondary N) is 1. The van der Waals surface area contributed by atoms with Crippen molar-refractivity contribution in [2.24, 2.45) is 0 Å². The number of amides is 1. The topological polar surface area (TPSA) is 88.4 Å². The van der Waals surface area contributed by atoms with E-state index < -0.39 is 18.5 Å². The van der Waals surface area contributed by atoms with Gasteiger partial charge in [0.25, 0.3) is 5.91 Å². The Kier molecular flexibility index (Phi) is 6.35. The van der Waals surface area contributed by atoms with E-state index in [1.165, 1.54) is 0 Å². The predicted octanol–water partition coefficient (Wildman–Crippen LogP) is 2.67. The van der Waals surface area contributed by atoms with Gasteiger partial charge >= 0.3 is 5.97 Å². The van der Waals surface area contributed by atoms with Crippen molar-refractivity contribution in [1.82, 2.24) is 5.32 Å². The third-order valence-electron chi connectivity index (χ3n) is 2.94. The van der Waals surface area contributed by atoms with Gasteiger partial charge in [-0.15, -0.1) is 0 Å². The van der Waals surface area contributed by atoms with Crippen molar-refractivity contribution in [2.45, 2.75) is 6.42 Å². The Labute approximate surface area is 139 Å². The average molecular weight is 324 g/mol. The van der Waals surface area contributed by atoms with Gasteiger partial charge in [-0.05, 0) is 30.3 Å². The number of benzene rings is 2. The summed E-state index contributed by atoms with van der Waals surface area (Å²) in [4.78, 5) is 23.4. The van der Waals surface area contributed by atoms with Crippen molar-refractivity contribution in [3.8, 4) is 17.6 Å². The van der Waals surface area contributed by atoms with Crippen molar-refractivity contribution >= 4 is 11.9 Å². The summed E-state index contributed by atoms with van der Waals surface area (Å²) in [5.74, 6) is 0.0771. The smallest absolute Gasteiger partial charge is 0.338 e. The van der Waals surface area contributed by atoms with Crippen molar-refractivity contribution in [1.29, 1.82) is 5.26 Å². The summed E-state index contributed by atoms with van der Waals surface area (Å²) in [7, 11) is 0. The van der Waals surface area contributed by atoms with Gasteiger partial charge in [-0.2, -0.15) is 5.26 Å². The van der Waals surface area contributed by atoms with Crippen LogP contribution in [0.5, 0.6) is 11.5 Å². The summed E-state index contributed by atoms with van der Waals surface area (Å²) in [5.41, 5.74) is 0.285. The maximum atomic E-state index is 12.0. The van der Waals surface area contributed by atoms with Gasteiger partial charge in [-0.25, -0.2) is 4.79 Å². The zero-order chi connectivity index (χ0) is 17.2. The lowest BCUT2D eigenvalue weighted by Gasteiger charge is -2.08. The van der Waals surface area contributed by atoms with E-state index in [0.717, 1.165) is 0 Å². The maximum absolute atomic E-state index is 12.0. The number of hydrogen-bond acceptors (Lipinski definition) is 5. The molecule has 24 heavy (non-hydrogen) atoms. The second kappa shape index (κ2) is 8.96.